The molecule has 0 N–H and O–H groups in total. The van der Waals surface area contributed by atoms with Gasteiger partial charge in [-0.2, -0.15) is 0 Å². The summed E-state index contributed by atoms with van der Waals surface area (Å²) in [5.41, 5.74) is 10.9. The third kappa shape index (κ3) is 4.74. The van der Waals surface area contributed by atoms with Crippen molar-refractivity contribution in [2.75, 3.05) is 0 Å². The smallest absolute Gasteiger partial charge is 0.164 e. The van der Waals surface area contributed by atoms with Crippen LogP contribution in [0.2, 0.25) is 0 Å². The van der Waals surface area contributed by atoms with Gasteiger partial charge in [0.2, 0.25) is 0 Å². The van der Waals surface area contributed by atoms with Gasteiger partial charge in [0.15, 0.2) is 17.5 Å². The zero-order chi connectivity index (χ0) is 35.0. The minimum Gasteiger partial charge on any atom is -0.456 e. The molecule has 5 nitrogen and oxygen atoms in total. The molecule has 11 rings (SSSR count). The van der Waals surface area contributed by atoms with Crippen LogP contribution in [0.1, 0.15) is 30.4 Å². The Kier molecular flexibility index (Phi) is 6.52. The second-order valence-corrected chi connectivity index (χ2v) is 14.0. The number of nitrogens with zero attached hydrogens (tertiary/aromatic N) is 3. The van der Waals surface area contributed by atoms with Gasteiger partial charge in [-0.25, -0.2) is 15.0 Å². The van der Waals surface area contributed by atoms with Gasteiger partial charge in [0.05, 0.1) is 0 Å². The van der Waals surface area contributed by atoms with E-state index in [9.17, 15) is 0 Å². The van der Waals surface area contributed by atoms with Gasteiger partial charge in [0.1, 0.15) is 22.3 Å². The SMILES string of the molecule is CC1CC=Cc2ccc3cc(-c4ccc(-c5nc(-c6ccccc6)nc(-c6ccc7oc8ccccc8c7c6)n5)c5c4oc4ccccc45)ccc3c21. The predicted octanol–water partition coefficient (Wildman–Crippen LogP) is 13.0. The lowest BCUT2D eigenvalue weighted by atomic mass is 9.84. The zero-order valence-electron chi connectivity index (χ0n) is 28.9. The molecule has 0 aliphatic heterocycles. The van der Waals surface area contributed by atoms with Crippen LogP contribution in [0.5, 0.6) is 0 Å². The van der Waals surface area contributed by atoms with E-state index >= 15 is 0 Å². The van der Waals surface area contributed by atoms with Crippen molar-refractivity contribution in [1.82, 2.24) is 15.0 Å². The predicted molar refractivity (Wildman–Crippen MR) is 216 cm³/mol. The minimum atomic E-state index is 0.484. The van der Waals surface area contributed by atoms with Crippen LogP contribution in [0.25, 0.3) is 106 Å². The van der Waals surface area contributed by atoms with Crippen LogP contribution in [0.4, 0.5) is 0 Å². The molecule has 0 spiro atoms. The quantitative estimate of drug-likeness (QED) is 0.185. The lowest BCUT2D eigenvalue weighted by Gasteiger charge is -2.20. The molecule has 5 heteroatoms. The molecule has 1 unspecified atom stereocenters. The fourth-order valence-corrected chi connectivity index (χ4v) is 8.20. The molecule has 7 aromatic carbocycles. The first kappa shape index (κ1) is 29.8. The lowest BCUT2D eigenvalue weighted by molar-refractivity contribution is 0.669. The third-order valence-electron chi connectivity index (χ3n) is 10.8. The minimum absolute atomic E-state index is 0.484. The molecule has 250 valence electrons. The van der Waals surface area contributed by atoms with E-state index in [1.54, 1.807) is 0 Å². The average Bonchev–Trinajstić information content (AvgIpc) is 3.79. The van der Waals surface area contributed by atoms with Crippen molar-refractivity contribution < 1.29 is 8.83 Å². The Labute approximate surface area is 304 Å². The van der Waals surface area contributed by atoms with E-state index in [4.69, 9.17) is 23.8 Å². The summed E-state index contributed by atoms with van der Waals surface area (Å²) in [5.74, 6) is 2.27. The highest BCUT2D eigenvalue weighted by molar-refractivity contribution is 6.16. The standard InChI is InChI=1S/C48H31N3O2/c1-28-10-9-13-29-18-19-31-26-32(20-22-34(31)43(28)29)35-23-24-38(44-37-15-6-8-17-41(37)53-45(35)44)48-50-46(30-11-3-2-4-12-30)49-47(51-48)33-21-25-42-39(27-33)36-14-5-7-16-40(36)52-42/h2-9,11-28H,10H2,1H3. The summed E-state index contributed by atoms with van der Waals surface area (Å²) in [5, 5.41) is 6.63. The van der Waals surface area contributed by atoms with Gasteiger partial charge < -0.3 is 8.83 Å². The van der Waals surface area contributed by atoms with Crippen LogP contribution in [-0.2, 0) is 0 Å². The Bertz CT molecular complexity index is 3120. The van der Waals surface area contributed by atoms with Crippen molar-refractivity contribution in [2.45, 2.75) is 19.3 Å². The molecular formula is C48H31N3O2. The number of hydrogen-bond donors (Lipinski definition) is 0. The average molecular weight is 682 g/mol. The number of para-hydroxylation sites is 2. The summed E-state index contributed by atoms with van der Waals surface area (Å²) in [6, 6.07) is 48.2. The van der Waals surface area contributed by atoms with Gasteiger partial charge >= 0.3 is 0 Å². The maximum Gasteiger partial charge on any atom is 0.164 e. The zero-order valence-corrected chi connectivity index (χ0v) is 28.9. The van der Waals surface area contributed by atoms with Crippen molar-refractivity contribution in [3.05, 3.63) is 157 Å². The van der Waals surface area contributed by atoms with E-state index in [2.05, 4.69) is 85.8 Å². The van der Waals surface area contributed by atoms with Crippen LogP contribution < -0.4 is 0 Å². The molecule has 0 saturated heterocycles. The van der Waals surface area contributed by atoms with Crippen LogP contribution in [-0.4, -0.2) is 15.0 Å². The Morgan fingerprint density at radius 1 is 0.509 bits per heavy atom. The lowest BCUT2D eigenvalue weighted by Crippen LogP contribution is -2.01. The van der Waals surface area contributed by atoms with Crippen molar-refractivity contribution in [3.8, 4) is 45.3 Å². The summed E-state index contributed by atoms with van der Waals surface area (Å²) in [4.78, 5) is 15.4. The van der Waals surface area contributed by atoms with Crippen LogP contribution in [0, 0.1) is 0 Å². The van der Waals surface area contributed by atoms with Crippen molar-refractivity contribution >= 4 is 60.7 Å². The molecule has 0 bridgehead atoms. The number of fused-ring (bicyclic) bond motifs is 9. The van der Waals surface area contributed by atoms with Crippen LogP contribution >= 0.6 is 0 Å². The van der Waals surface area contributed by atoms with E-state index in [-0.39, 0.29) is 0 Å². The van der Waals surface area contributed by atoms with Crippen LogP contribution in [0.15, 0.2) is 154 Å². The van der Waals surface area contributed by atoms with Crippen LogP contribution in [0.3, 0.4) is 0 Å². The molecule has 1 aliphatic carbocycles. The number of allylic oxidation sites excluding steroid dienone is 1. The Hall–Kier alpha value is -6.85. The number of hydrogen-bond acceptors (Lipinski definition) is 5. The third-order valence-corrected chi connectivity index (χ3v) is 10.8. The van der Waals surface area contributed by atoms with Gasteiger partial charge in [-0.15, -0.1) is 0 Å². The van der Waals surface area contributed by atoms with Gasteiger partial charge in [0, 0.05) is 43.8 Å². The summed E-state index contributed by atoms with van der Waals surface area (Å²) in [6.45, 7) is 2.32. The molecular weight excluding hydrogens is 651 g/mol. The molecule has 1 aliphatic rings. The number of furan rings is 2. The summed E-state index contributed by atoms with van der Waals surface area (Å²) in [7, 11) is 0. The summed E-state index contributed by atoms with van der Waals surface area (Å²) >= 11 is 0. The molecule has 1 atom stereocenters. The fraction of sp³-hybridized carbons (Fsp3) is 0.0625. The normalized spacial score (nSPS) is 14.2. The Balaban J connectivity index is 1.13. The molecule has 0 radical (unpaired) electrons. The largest absolute Gasteiger partial charge is 0.456 e. The number of rotatable bonds is 4. The molecule has 10 aromatic rings. The molecule has 3 heterocycles. The number of benzene rings is 7. The topological polar surface area (TPSA) is 65.0 Å². The van der Waals surface area contributed by atoms with E-state index in [1.807, 2.05) is 72.8 Å². The van der Waals surface area contributed by atoms with Gasteiger partial charge in [0.25, 0.3) is 0 Å². The highest BCUT2D eigenvalue weighted by Crippen LogP contribution is 2.43. The van der Waals surface area contributed by atoms with Gasteiger partial charge in [-0.3, -0.25) is 0 Å². The number of aromatic nitrogens is 3. The summed E-state index contributed by atoms with van der Waals surface area (Å²) < 4.78 is 12.9. The first-order valence-corrected chi connectivity index (χ1v) is 18.1. The molecule has 53 heavy (non-hydrogen) atoms. The highest BCUT2D eigenvalue weighted by atomic mass is 16.3. The second kappa shape index (κ2) is 11.6. The molecule has 0 amide bonds. The van der Waals surface area contributed by atoms with E-state index in [0.29, 0.717) is 23.4 Å². The summed E-state index contributed by atoms with van der Waals surface area (Å²) in [6.07, 6.45) is 5.60. The van der Waals surface area contributed by atoms with Crippen molar-refractivity contribution in [3.63, 3.8) is 0 Å². The van der Waals surface area contributed by atoms with Gasteiger partial charge in [-0.1, -0.05) is 110 Å². The van der Waals surface area contributed by atoms with Crippen molar-refractivity contribution in [1.29, 1.82) is 0 Å². The first-order chi connectivity index (χ1) is 26.2. The first-order valence-electron chi connectivity index (χ1n) is 18.1. The highest BCUT2D eigenvalue weighted by Gasteiger charge is 2.22. The monoisotopic (exact) mass is 681 g/mol. The maximum absolute atomic E-state index is 6.74. The Morgan fingerprint density at radius 2 is 1.21 bits per heavy atom. The van der Waals surface area contributed by atoms with E-state index in [1.165, 1.54) is 21.9 Å². The van der Waals surface area contributed by atoms with E-state index < -0.39 is 0 Å². The van der Waals surface area contributed by atoms with Crippen molar-refractivity contribution in [2.24, 2.45) is 0 Å². The van der Waals surface area contributed by atoms with E-state index in [0.717, 1.165) is 78.1 Å². The molecule has 0 saturated carbocycles. The van der Waals surface area contributed by atoms with Gasteiger partial charge in [-0.05, 0) is 88.3 Å². The Morgan fingerprint density at radius 3 is 2.08 bits per heavy atom. The second-order valence-electron chi connectivity index (χ2n) is 14.0. The maximum atomic E-state index is 6.74. The molecule has 3 aromatic heterocycles. The molecule has 0 fully saturated rings. The fourth-order valence-electron chi connectivity index (χ4n) is 8.20.